The number of aromatic nitrogens is 1. The van der Waals surface area contributed by atoms with Crippen LogP contribution in [-0.2, 0) is 4.79 Å². The molecule has 0 aliphatic carbocycles. The van der Waals surface area contributed by atoms with Gasteiger partial charge in [-0.15, -0.1) is 11.3 Å². The number of fused-ring (bicyclic) bond motifs is 1. The van der Waals surface area contributed by atoms with E-state index in [9.17, 15) is 4.79 Å². The molecule has 1 aromatic heterocycles. The van der Waals surface area contributed by atoms with Gasteiger partial charge in [0.25, 0.3) is 5.91 Å². The highest BCUT2D eigenvalue weighted by atomic mass is 32.1. The topological polar surface area (TPSA) is 46.4 Å². The Bertz CT molecular complexity index is 821. The molecule has 25 heavy (non-hydrogen) atoms. The van der Waals surface area contributed by atoms with Gasteiger partial charge in [0.2, 0.25) is 0 Å². The van der Waals surface area contributed by atoms with Gasteiger partial charge in [-0.3, -0.25) is 4.79 Å². The van der Waals surface area contributed by atoms with Crippen LogP contribution in [0.2, 0.25) is 0 Å². The minimum absolute atomic E-state index is 0.0969. The molecule has 1 aliphatic rings. The molecule has 5 heteroatoms. The Morgan fingerprint density at radius 3 is 2.56 bits per heavy atom. The first kappa shape index (κ1) is 16.2. The summed E-state index contributed by atoms with van der Waals surface area (Å²) in [6, 6.07) is 18.0. The lowest BCUT2D eigenvalue weighted by molar-refractivity contribution is -0.897. The number of para-hydroxylation sites is 2. The third-order valence-electron chi connectivity index (χ3n) is 4.82. The van der Waals surface area contributed by atoms with Gasteiger partial charge in [0.05, 0.1) is 28.3 Å². The van der Waals surface area contributed by atoms with Crippen LogP contribution in [0.15, 0.2) is 54.6 Å². The Kier molecular flexibility index (Phi) is 4.76. The largest absolute Gasteiger partial charge is 0.327 e. The summed E-state index contributed by atoms with van der Waals surface area (Å²) in [6.45, 7) is 2.60. The van der Waals surface area contributed by atoms with E-state index in [1.54, 1.807) is 0 Å². The maximum atomic E-state index is 12.2. The summed E-state index contributed by atoms with van der Waals surface area (Å²) in [6.07, 6.45) is 2.21. The van der Waals surface area contributed by atoms with Crippen molar-refractivity contribution in [1.82, 2.24) is 4.98 Å². The number of hydrogen-bond acceptors (Lipinski definition) is 3. The van der Waals surface area contributed by atoms with Crippen LogP contribution < -0.4 is 10.2 Å². The number of carbonyl (C=O) groups is 1. The van der Waals surface area contributed by atoms with Gasteiger partial charge in [0, 0.05) is 24.4 Å². The van der Waals surface area contributed by atoms with Gasteiger partial charge in [-0.2, -0.15) is 0 Å². The number of likely N-dealkylation sites (tertiary alicyclic amines) is 1. The lowest BCUT2D eigenvalue weighted by Gasteiger charge is -2.27. The molecule has 2 N–H and O–H groups in total. The van der Waals surface area contributed by atoms with Crippen LogP contribution in [0.3, 0.4) is 0 Å². The van der Waals surface area contributed by atoms with Crippen molar-refractivity contribution < 1.29 is 9.69 Å². The number of hydrogen-bond donors (Lipinski definition) is 2. The first-order valence-electron chi connectivity index (χ1n) is 8.82. The minimum Gasteiger partial charge on any atom is -0.327 e. The molecule has 1 fully saturated rings. The van der Waals surface area contributed by atoms with Crippen LogP contribution in [0.25, 0.3) is 10.2 Å². The quantitative estimate of drug-likeness (QED) is 0.758. The number of thiazole rings is 1. The maximum Gasteiger partial charge on any atom is 0.279 e. The maximum absolute atomic E-state index is 12.2. The molecule has 2 heterocycles. The number of benzene rings is 2. The van der Waals surface area contributed by atoms with E-state index in [0.29, 0.717) is 12.5 Å². The lowest BCUT2D eigenvalue weighted by Crippen LogP contribution is -3.14. The predicted molar refractivity (Wildman–Crippen MR) is 102 cm³/mol. The SMILES string of the molecule is O=C(C[NH+]1CCC(c2nc3ccccc3s2)CC1)Nc1ccccc1. The highest BCUT2D eigenvalue weighted by Crippen LogP contribution is 2.31. The summed E-state index contributed by atoms with van der Waals surface area (Å²) >= 11 is 1.82. The summed E-state index contributed by atoms with van der Waals surface area (Å²) in [5.74, 6) is 0.637. The molecular weight excluding hydrogens is 330 g/mol. The van der Waals surface area contributed by atoms with Crippen LogP contribution >= 0.6 is 11.3 Å². The zero-order chi connectivity index (χ0) is 17.1. The fraction of sp³-hybridized carbons (Fsp3) is 0.300. The van der Waals surface area contributed by atoms with Crippen LogP contribution in [0.4, 0.5) is 5.69 Å². The fourth-order valence-electron chi connectivity index (χ4n) is 3.47. The van der Waals surface area contributed by atoms with Crippen molar-refractivity contribution in [2.75, 3.05) is 25.0 Å². The molecule has 0 radical (unpaired) electrons. The molecule has 0 saturated carbocycles. The van der Waals surface area contributed by atoms with Gasteiger partial charge in [-0.25, -0.2) is 4.98 Å². The molecule has 3 aromatic rings. The van der Waals surface area contributed by atoms with Crippen molar-refractivity contribution in [2.45, 2.75) is 18.8 Å². The van der Waals surface area contributed by atoms with Gasteiger partial charge >= 0.3 is 0 Å². The number of nitrogens with one attached hydrogen (secondary N) is 2. The molecule has 2 aromatic carbocycles. The molecular formula is C20H22N3OS+. The third kappa shape index (κ3) is 3.89. The first-order chi connectivity index (χ1) is 12.3. The molecule has 0 atom stereocenters. The van der Waals surface area contributed by atoms with Crippen LogP contribution in [-0.4, -0.2) is 30.5 Å². The van der Waals surface area contributed by atoms with Crippen molar-refractivity contribution in [3.63, 3.8) is 0 Å². The summed E-state index contributed by atoms with van der Waals surface area (Å²) in [7, 11) is 0. The Morgan fingerprint density at radius 2 is 1.80 bits per heavy atom. The van der Waals surface area contributed by atoms with E-state index in [4.69, 9.17) is 4.98 Å². The van der Waals surface area contributed by atoms with Gasteiger partial charge < -0.3 is 10.2 Å². The first-order valence-corrected chi connectivity index (χ1v) is 9.63. The Balaban J connectivity index is 1.31. The van der Waals surface area contributed by atoms with E-state index in [1.807, 2.05) is 47.7 Å². The molecule has 4 rings (SSSR count). The zero-order valence-electron chi connectivity index (χ0n) is 14.1. The van der Waals surface area contributed by atoms with Gasteiger partial charge in [-0.05, 0) is 24.3 Å². The minimum atomic E-state index is 0.0969. The highest BCUT2D eigenvalue weighted by Gasteiger charge is 2.27. The van der Waals surface area contributed by atoms with Gasteiger partial charge in [0.1, 0.15) is 0 Å². The van der Waals surface area contributed by atoms with Crippen molar-refractivity contribution in [2.24, 2.45) is 0 Å². The number of amides is 1. The second-order valence-corrected chi connectivity index (χ2v) is 7.70. The van der Waals surface area contributed by atoms with Crippen LogP contribution in [0.1, 0.15) is 23.8 Å². The second-order valence-electron chi connectivity index (χ2n) is 6.64. The number of quaternary nitrogens is 1. The van der Waals surface area contributed by atoms with E-state index >= 15 is 0 Å². The van der Waals surface area contributed by atoms with E-state index in [-0.39, 0.29) is 5.91 Å². The van der Waals surface area contributed by atoms with Crippen molar-refractivity contribution >= 4 is 33.1 Å². The summed E-state index contributed by atoms with van der Waals surface area (Å²) in [5, 5.41) is 4.24. The Morgan fingerprint density at radius 1 is 1.08 bits per heavy atom. The molecule has 1 saturated heterocycles. The normalized spacial score (nSPS) is 20.5. The molecule has 0 bridgehead atoms. The zero-order valence-corrected chi connectivity index (χ0v) is 14.9. The van der Waals surface area contributed by atoms with Gasteiger partial charge in [-0.1, -0.05) is 30.3 Å². The second kappa shape index (κ2) is 7.33. The number of rotatable bonds is 4. The monoisotopic (exact) mass is 352 g/mol. The predicted octanol–water partition coefficient (Wildman–Crippen LogP) is 2.70. The third-order valence-corrected chi connectivity index (χ3v) is 6.02. The Hall–Kier alpha value is -2.24. The summed E-state index contributed by atoms with van der Waals surface area (Å²) in [4.78, 5) is 18.4. The molecule has 0 spiro atoms. The van der Waals surface area contributed by atoms with Crippen molar-refractivity contribution in [3.05, 3.63) is 59.6 Å². The molecule has 0 unspecified atom stereocenters. The number of anilines is 1. The number of carbonyl (C=O) groups excluding carboxylic acids is 1. The smallest absolute Gasteiger partial charge is 0.279 e. The lowest BCUT2D eigenvalue weighted by atomic mass is 9.97. The van der Waals surface area contributed by atoms with E-state index in [1.165, 1.54) is 14.6 Å². The molecule has 1 aliphatic heterocycles. The molecule has 4 nitrogen and oxygen atoms in total. The highest BCUT2D eigenvalue weighted by molar-refractivity contribution is 7.18. The average Bonchev–Trinajstić information content (AvgIpc) is 3.07. The van der Waals surface area contributed by atoms with Crippen LogP contribution in [0.5, 0.6) is 0 Å². The number of piperidine rings is 1. The van der Waals surface area contributed by atoms with E-state index in [0.717, 1.165) is 37.1 Å². The average molecular weight is 352 g/mol. The fourth-order valence-corrected chi connectivity index (χ4v) is 4.60. The van der Waals surface area contributed by atoms with Crippen molar-refractivity contribution in [1.29, 1.82) is 0 Å². The molecule has 128 valence electrons. The Labute approximate surface area is 151 Å². The summed E-state index contributed by atoms with van der Waals surface area (Å²) < 4.78 is 1.27. The summed E-state index contributed by atoms with van der Waals surface area (Å²) in [5.41, 5.74) is 1.98. The van der Waals surface area contributed by atoms with Crippen LogP contribution in [0, 0.1) is 0 Å². The molecule has 1 amide bonds. The standard InChI is InChI=1S/C20H21N3OS/c24-19(21-16-6-2-1-3-7-16)14-23-12-10-15(11-13-23)20-22-17-8-4-5-9-18(17)25-20/h1-9,15H,10-14H2,(H,21,24)/p+1. The number of nitrogens with zero attached hydrogens (tertiary/aromatic N) is 1. The van der Waals surface area contributed by atoms with E-state index < -0.39 is 0 Å². The van der Waals surface area contributed by atoms with E-state index in [2.05, 4.69) is 23.5 Å². The van der Waals surface area contributed by atoms with Gasteiger partial charge in [0.15, 0.2) is 6.54 Å². The van der Waals surface area contributed by atoms with Crippen molar-refractivity contribution in [3.8, 4) is 0 Å².